The maximum absolute atomic E-state index is 11.6. The molecule has 0 bridgehead atoms. The van der Waals surface area contributed by atoms with E-state index in [9.17, 15) is 9.59 Å². The molecule has 1 heterocycles. The van der Waals surface area contributed by atoms with Gasteiger partial charge >= 0.3 is 0 Å². The van der Waals surface area contributed by atoms with Gasteiger partial charge in [0.2, 0.25) is 11.8 Å². The minimum Gasteiger partial charge on any atom is -0.282 e. The maximum atomic E-state index is 11.6. The molecule has 0 saturated carbocycles. The van der Waals surface area contributed by atoms with Gasteiger partial charge in [-0.1, -0.05) is 13.8 Å². The number of hydrogen-bond acceptors (Lipinski definition) is 3. The van der Waals surface area contributed by atoms with Crippen LogP contribution in [0.4, 0.5) is 0 Å². The van der Waals surface area contributed by atoms with Gasteiger partial charge in [-0.25, -0.2) is 0 Å². The summed E-state index contributed by atoms with van der Waals surface area (Å²) in [6.07, 6.45) is 0.393. The van der Waals surface area contributed by atoms with Gasteiger partial charge in [-0.2, -0.15) is 0 Å². The summed E-state index contributed by atoms with van der Waals surface area (Å²) in [6, 6.07) is 0. The highest BCUT2D eigenvalue weighted by Gasteiger charge is 2.37. The van der Waals surface area contributed by atoms with Gasteiger partial charge in [-0.15, -0.1) is 11.8 Å². The Morgan fingerprint density at radius 2 is 2.14 bits per heavy atom. The van der Waals surface area contributed by atoms with Crippen LogP contribution in [0.3, 0.4) is 0 Å². The van der Waals surface area contributed by atoms with Crippen molar-refractivity contribution in [3.05, 3.63) is 0 Å². The molecule has 0 N–H and O–H groups in total. The van der Waals surface area contributed by atoms with Crippen molar-refractivity contribution in [2.24, 2.45) is 5.92 Å². The van der Waals surface area contributed by atoms with Crippen molar-refractivity contribution in [2.45, 2.75) is 32.4 Å². The Morgan fingerprint density at radius 3 is 2.57 bits per heavy atom. The Balaban J connectivity index is 2.49. The smallest absolute Gasteiger partial charge is 0.242 e. The molecule has 4 heteroatoms. The lowest BCUT2D eigenvalue weighted by atomic mass is 10.3. The molecule has 0 aliphatic carbocycles. The van der Waals surface area contributed by atoms with E-state index < -0.39 is 0 Å². The van der Waals surface area contributed by atoms with E-state index in [0.29, 0.717) is 18.9 Å². The Bertz CT molecular complexity index is 240. The Kier molecular flexibility index (Phi) is 3.98. The van der Waals surface area contributed by atoms with Gasteiger partial charge in [0.05, 0.1) is 5.25 Å². The summed E-state index contributed by atoms with van der Waals surface area (Å²) in [7, 11) is 0. The quantitative estimate of drug-likeness (QED) is 0.667. The van der Waals surface area contributed by atoms with Crippen LogP contribution in [0.1, 0.15) is 27.2 Å². The summed E-state index contributed by atoms with van der Waals surface area (Å²) in [5.74, 6) is 1.50. The molecule has 0 spiro atoms. The number of carbonyl (C=O) groups is 2. The number of imide groups is 1. The highest BCUT2D eigenvalue weighted by atomic mass is 32.2. The number of hydrogen-bond donors (Lipinski definition) is 0. The largest absolute Gasteiger partial charge is 0.282 e. The lowest BCUT2D eigenvalue weighted by molar-refractivity contribution is -0.137. The topological polar surface area (TPSA) is 37.4 Å². The van der Waals surface area contributed by atoms with E-state index in [0.717, 1.165) is 5.75 Å². The van der Waals surface area contributed by atoms with Gasteiger partial charge in [-0.3, -0.25) is 14.5 Å². The normalized spacial score (nSPS) is 22.6. The number of carbonyl (C=O) groups excluding carboxylic acids is 2. The summed E-state index contributed by atoms with van der Waals surface area (Å²) in [4.78, 5) is 24.4. The monoisotopic (exact) mass is 215 g/mol. The third kappa shape index (κ3) is 2.50. The second-order valence-corrected chi connectivity index (χ2v) is 5.13. The molecule has 14 heavy (non-hydrogen) atoms. The fraction of sp³-hybridized carbons (Fsp3) is 0.800. The van der Waals surface area contributed by atoms with Crippen molar-refractivity contribution in [3.63, 3.8) is 0 Å². The predicted molar refractivity (Wildman–Crippen MR) is 58.1 cm³/mol. The molecule has 1 aliphatic heterocycles. The third-order valence-electron chi connectivity index (χ3n) is 2.15. The van der Waals surface area contributed by atoms with E-state index in [4.69, 9.17) is 0 Å². The summed E-state index contributed by atoms with van der Waals surface area (Å²) >= 11 is 1.61. The van der Waals surface area contributed by atoms with Crippen LogP contribution >= 0.6 is 11.8 Å². The van der Waals surface area contributed by atoms with Crippen molar-refractivity contribution < 1.29 is 9.59 Å². The minimum atomic E-state index is -0.121. The molecular weight excluding hydrogens is 198 g/mol. The van der Waals surface area contributed by atoms with E-state index in [-0.39, 0.29) is 17.1 Å². The first kappa shape index (κ1) is 11.6. The third-order valence-corrected chi connectivity index (χ3v) is 3.78. The highest BCUT2D eigenvalue weighted by molar-refractivity contribution is 8.00. The van der Waals surface area contributed by atoms with Gasteiger partial charge in [0, 0.05) is 13.0 Å². The first-order chi connectivity index (χ1) is 6.56. The summed E-state index contributed by atoms with van der Waals surface area (Å²) in [5.41, 5.74) is 0. The van der Waals surface area contributed by atoms with Crippen LogP contribution in [0.5, 0.6) is 0 Å². The van der Waals surface area contributed by atoms with E-state index >= 15 is 0 Å². The average molecular weight is 215 g/mol. The van der Waals surface area contributed by atoms with E-state index in [1.807, 2.05) is 6.92 Å². The van der Waals surface area contributed by atoms with Gasteiger partial charge in [0.1, 0.15) is 0 Å². The van der Waals surface area contributed by atoms with Crippen LogP contribution in [0.25, 0.3) is 0 Å². The van der Waals surface area contributed by atoms with Crippen LogP contribution in [-0.4, -0.2) is 34.3 Å². The fourth-order valence-corrected chi connectivity index (χ4v) is 2.57. The molecular formula is C10H17NO2S. The molecule has 0 aromatic carbocycles. The van der Waals surface area contributed by atoms with Gasteiger partial charge in [0.25, 0.3) is 0 Å². The number of likely N-dealkylation sites (tertiary alicyclic amines) is 1. The minimum absolute atomic E-state index is 0.00292. The maximum Gasteiger partial charge on any atom is 0.242 e. The van der Waals surface area contributed by atoms with E-state index in [1.54, 1.807) is 11.8 Å². The van der Waals surface area contributed by atoms with Crippen LogP contribution in [0, 0.1) is 5.92 Å². The van der Waals surface area contributed by atoms with Crippen LogP contribution in [0.15, 0.2) is 0 Å². The summed E-state index contributed by atoms with van der Waals surface area (Å²) in [6.45, 7) is 6.58. The second kappa shape index (κ2) is 4.82. The van der Waals surface area contributed by atoms with Crippen LogP contribution in [-0.2, 0) is 9.59 Å². The van der Waals surface area contributed by atoms with Gasteiger partial charge in [0.15, 0.2) is 0 Å². The molecule has 2 amide bonds. The molecule has 1 saturated heterocycles. The summed E-state index contributed by atoms with van der Waals surface area (Å²) < 4.78 is 0. The molecule has 80 valence electrons. The Hall–Kier alpha value is -0.510. The highest BCUT2D eigenvalue weighted by Crippen LogP contribution is 2.26. The molecule has 1 atom stereocenters. The van der Waals surface area contributed by atoms with Crippen LogP contribution in [0.2, 0.25) is 0 Å². The lowest BCUT2D eigenvalue weighted by Gasteiger charge is -2.12. The van der Waals surface area contributed by atoms with E-state index in [1.165, 1.54) is 4.90 Å². The van der Waals surface area contributed by atoms with Crippen molar-refractivity contribution >= 4 is 23.6 Å². The van der Waals surface area contributed by atoms with Crippen molar-refractivity contribution in [2.75, 3.05) is 12.3 Å². The Morgan fingerprint density at radius 1 is 1.50 bits per heavy atom. The molecule has 1 fully saturated rings. The molecule has 1 aliphatic rings. The Labute approximate surface area is 89.2 Å². The molecule has 1 rings (SSSR count). The molecule has 0 aromatic heterocycles. The molecule has 0 aromatic rings. The number of rotatable bonds is 4. The fourth-order valence-electron chi connectivity index (χ4n) is 1.42. The zero-order valence-corrected chi connectivity index (χ0v) is 9.76. The SMILES string of the molecule is CCN1C(=O)CC(SCC(C)C)C1=O. The predicted octanol–water partition coefficient (Wildman–Crippen LogP) is 1.52. The first-order valence-electron chi connectivity index (χ1n) is 5.02. The number of amides is 2. The zero-order chi connectivity index (χ0) is 10.7. The van der Waals surface area contributed by atoms with Gasteiger partial charge < -0.3 is 0 Å². The number of nitrogens with zero attached hydrogens (tertiary/aromatic N) is 1. The zero-order valence-electron chi connectivity index (χ0n) is 8.95. The first-order valence-corrected chi connectivity index (χ1v) is 6.07. The van der Waals surface area contributed by atoms with E-state index in [2.05, 4.69) is 13.8 Å². The molecule has 3 nitrogen and oxygen atoms in total. The molecule has 0 radical (unpaired) electrons. The number of thioether (sulfide) groups is 1. The lowest BCUT2D eigenvalue weighted by Crippen LogP contribution is -2.31. The molecule has 1 unspecified atom stereocenters. The summed E-state index contributed by atoms with van der Waals surface area (Å²) in [5, 5.41) is -0.121. The average Bonchev–Trinajstić information content (AvgIpc) is 2.38. The second-order valence-electron chi connectivity index (χ2n) is 3.90. The van der Waals surface area contributed by atoms with Crippen molar-refractivity contribution in [1.82, 2.24) is 4.90 Å². The van der Waals surface area contributed by atoms with Crippen molar-refractivity contribution in [1.29, 1.82) is 0 Å². The van der Waals surface area contributed by atoms with Gasteiger partial charge in [-0.05, 0) is 18.6 Å². The van der Waals surface area contributed by atoms with Crippen molar-refractivity contribution in [3.8, 4) is 0 Å². The van der Waals surface area contributed by atoms with Crippen LogP contribution < -0.4 is 0 Å². The standard InChI is InChI=1S/C10H17NO2S/c1-4-11-9(12)5-8(10(11)13)14-6-7(2)3/h7-8H,4-6H2,1-3H3.